The number of hydrogen-bond donors (Lipinski definition) is 2. The fourth-order valence-electron chi connectivity index (χ4n) is 3.55. The number of carbonyl (C=O) groups is 1. The maximum absolute atomic E-state index is 13.3. The van der Waals surface area contributed by atoms with Crippen LogP contribution in [0.1, 0.15) is 17.5 Å². The Morgan fingerprint density at radius 1 is 1.00 bits per heavy atom. The number of rotatable bonds is 8. The van der Waals surface area contributed by atoms with Crippen molar-refractivity contribution in [3.63, 3.8) is 0 Å². The van der Waals surface area contributed by atoms with E-state index in [1.807, 2.05) is 72.8 Å². The van der Waals surface area contributed by atoms with Crippen molar-refractivity contribution in [1.82, 2.24) is 0 Å². The fourth-order valence-corrected chi connectivity index (χ4v) is 3.68. The number of halogens is 1. The topological polar surface area (TPSA) is 103 Å². The van der Waals surface area contributed by atoms with E-state index in [0.29, 0.717) is 42.6 Å². The Morgan fingerprint density at radius 3 is 2.42 bits per heavy atom. The number of guanidine groups is 1. The van der Waals surface area contributed by atoms with Gasteiger partial charge in [-0.15, -0.1) is 0 Å². The Kier molecular flexibility index (Phi) is 7.00. The van der Waals surface area contributed by atoms with Gasteiger partial charge in [0.1, 0.15) is 11.5 Å². The summed E-state index contributed by atoms with van der Waals surface area (Å²) in [4.78, 5) is 19.0. The quantitative estimate of drug-likeness (QED) is 0.389. The number of para-hydroxylation sites is 2. The minimum atomic E-state index is -0.631. The summed E-state index contributed by atoms with van der Waals surface area (Å²) >= 11 is 6.00. The van der Waals surface area contributed by atoms with Crippen LogP contribution in [0, 0.1) is 0 Å². The van der Waals surface area contributed by atoms with Crippen LogP contribution < -0.4 is 25.8 Å². The number of hydrogen-bond acceptors (Lipinski definition) is 4. The van der Waals surface area contributed by atoms with E-state index in [9.17, 15) is 4.79 Å². The molecule has 1 amide bonds. The molecular weight excluding hydrogens is 440 g/mol. The average molecular weight is 465 g/mol. The van der Waals surface area contributed by atoms with Gasteiger partial charge in [0.05, 0.1) is 25.4 Å². The molecule has 4 N–H and O–H groups in total. The summed E-state index contributed by atoms with van der Waals surface area (Å²) in [5.74, 6) is 1.34. The molecule has 1 atom stereocenters. The summed E-state index contributed by atoms with van der Waals surface area (Å²) in [6.45, 7) is 1.18. The molecule has 0 fully saturated rings. The highest BCUT2D eigenvalue weighted by molar-refractivity contribution is 6.30. The number of amides is 1. The largest absolute Gasteiger partial charge is 0.493 e. The molecule has 1 aliphatic heterocycles. The van der Waals surface area contributed by atoms with Crippen LogP contribution in [0.4, 0.5) is 5.69 Å². The molecule has 8 heteroatoms. The van der Waals surface area contributed by atoms with Gasteiger partial charge in [0.25, 0.3) is 5.91 Å². The molecule has 1 aliphatic rings. The molecule has 0 spiro atoms. The van der Waals surface area contributed by atoms with Crippen LogP contribution >= 0.6 is 11.6 Å². The predicted molar refractivity (Wildman–Crippen MR) is 130 cm³/mol. The Balaban J connectivity index is 1.40. The molecule has 0 saturated heterocycles. The van der Waals surface area contributed by atoms with Crippen molar-refractivity contribution >= 4 is 29.2 Å². The van der Waals surface area contributed by atoms with Gasteiger partial charge in [0, 0.05) is 11.4 Å². The molecule has 7 nitrogen and oxygen atoms in total. The van der Waals surface area contributed by atoms with Crippen molar-refractivity contribution in [3.05, 3.63) is 88.9 Å². The Labute approximate surface area is 197 Å². The summed E-state index contributed by atoms with van der Waals surface area (Å²) in [5, 5.41) is 0.659. The van der Waals surface area contributed by atoms with Crippen LogP contribution in [-0.4, -0.2) is 24.6 Å². The average Bonchev–Trinajstić information content (AvgIpc) is 2.82. The third kappa shape index (κ3) is 5.75. The van der Waals surface area contributed by atoms with E-state index >= 15 is 0 Å². The van der Waals surface area contributed by atoms with E-state index in [-0.39, 0.29) is 11.9 Å². The van der Waals surface area contributed by atoms with Gasteiger partial charge in [-0.25, -0.2) is 4.99 Å². The van der Waals surface area contributed by atoms with Crippen LogP contribution in [0.3, 0.4) is 0 Å². The van der Waals surface area contributed by atoms with E-state index in [4.69, 9.17) is 32.5 Å². The number of nitrogens with two attached hydrogens (primary N) is 2. The lowest BCUT2D eigenvalue weighted by Gasteiger charge is -2.34. The second-order valence-electron chi connectivity index (χ2n) is 7.65. The van der Waals surface area contributed by atoms with Crippen LogP contribution in [0.2, 0.25) is 5.02 Å². The second kappa shape index (κ2) is 10.3. The van der Waals surface area contributed by atoms with Crippen molar-refractivity contribution in [2.75, 3.05) is 11.5 Å². The van der Waals surface area contributed by atoms with Crippen molar-refractivity contribution in [2.24, 2.45) is 16.5 Å². The van der Waals surface area contributed by atoms with Crippen LogP contribution in [0.25, 0.3) is 0 Å². The number of carbonyl (C=O) groups excluding carboxylic acids is 1. The third-order valence-corrected chi connectivity index (χ3v) is 5.49. The van der Waals surface area contributed by atoms with Gasteiger partial charge in [-0.3, -0.25) is 4.79 Å². The molecule has 170 valence electrons. The maximum atomic E-state index is 13.3. The molecule has 0 aromatic heterocycles. The first-order valence-corrected chi connectivity index (χ1v) is 11.0. The first-order valence-electron chi connectivity index (χ1n) is 10.6. The summed E-state index contributed by atoms with van der Waals surface area (Å²) < 4.78 is 11.9. The van der Waals surface area contributed by atoms with Crippen LogP contribution in [0.5, 0.6) is 11.5 Å². The van der Waals surface area contributed by atoms with E-state index in [2.05, 4.69) is 4.99 Å². The first kappa shape index (κ1) is 22.5. The number of ether oxygens (including phenoxy) is 2. The fraction of sp³-hybridized carbons (Fsp3) is 0.200. The number of aliphatic imine (C=N–C) groups is 1. The Hall–Kier alpha value is -3.71. The molecule has 4 rings (SSSR count). The van der Waals surface area contributed by atoms with Crippen molar-refractivity contribution in [1.29, 1.82) is 0 Å². The summed E-state index contributed by atoms with van der Waals surface area (Å²) in [5.41, 5.74) is 13.4. The minimum absolute atomic E-state index is 0.0548. The zero-order valence-corrected chi connectivity index (χ0v) is 18.7. The van der Waals surface area contributed by atoms with Crippen molar-refractivity contribution < 1.29 is 14.3 Å². The molecule has 33 heavy (non-hydrogen) atoms. The Bertz CT molecular complexity index is 1130. The minimum Gasteiger partial charge on any atom is -0.493 e. The molecule has 1 heterocycles. The van der Waals surface area contributed by atoms with E-state index in [0.717, 1.165) is 16.8 Å². The molecule has 0 radical (unpaired) electrons. The van der Waals surface area contributed by atoms with E-state index < -0.39 is 6.10 Å². The second-order valence-corrected chi connectivity index (χ2v) is 8.08. The van der Waals surface area contributed by atoms with Crippen molar-refractivity contribution in [3.8, 4) is 11.5 Å². The van der Waals surface area contributed by atoms with Gasteiger partial charge in [-0.1, -0.05) is 48.0 Å². The highest BCUT2D eigenvalue weighted by Gasteiger charge is 2.34. The van der Waals surface area contributed by atoms with Gasteiger partial charge >= 0.3 is 0 Å². The lowest BCUT2D eigenvalue weighted by molar-refractivity contribution is -0.127. The summed E-state index contributed by atoms with van der Waals surface area (Å²) in [6.07, 6.45) is -0.214. The van der Waals surface area contributed by atoms with Crippen LogP contribution in [0.15, 0.2) is 77.8 Å². The van der Waals surface area contributed by atoms with Crippen LogP contribution in [-0.2, 0) is 17.9 Å². The van der Waals surface area contributed by atoms with E-state index in [1.54, 1.807) is 4.90 Å². The molecule has 1 unspecified atom stereocenters. The number of benzene rings is 3. The highest BCUT2D eigenvalue weighted by atomic mass is 35.5. The first-order chi connectivity index (χ1) is 16.0. The molecule has 0 aliphatic carbocycles. The smallest absolute Gasteiger partial charge is 0.268 e. The molecule has 3 aromatic rings. The van der Waals surface area contributed by atoms with E-state index in [1.165, 1.54) is 0 Å². The molecular formula is C25H25ClN4O3. The molecule has 0 bridgehead atoms. The zero-order valence-electron chi connectivity index (χ0n) is 18.0. The lowest BCUT2D eigenvalue weighted by atomic mass is 10.1. The standard InChI is InChI=1S/C25H25ClN4O3/c26-19-9-5-18(6-10-19)16-30-21-3-1-2-4-22(21)33-23(24(30)31)13-14-32-20-11-7-17(8-12-20)15-29-25(27)28/h1-12,23H,13-16H2,(H4,27,28,29). The highest BCUT2D eigenvalue weighted by Crippen LogP contribution is 2.35. The van der Waals surface area contributed by atoms with Gasteiger partial charge in [0.15, 0.2) is 12.1 Å². The normalized spacial score (nSPS) is 14.9. The monoisotopic (exact) mass is 464 g/mol. The van der Waals surface area contributed by atoms with Gasteiger partial charge in [-0.2, -0.15) is 0 Å². The van der Waals surface area contributed by atoms with Crippen molar-refractivity contribution in [2.45, 2.75) is 25.6 Å². The zero-order chi connectivity index (χ0) is 23.2. The van der Waals surface area contributed by atoms with Gasteiger partial charge in [-0.05, 0) is 47.5 Å². The van der Waals surface area contributed by atoms with Gasteiger partial charge in [0.2, 0.25) is 0 Å². The number of nitrogens with zero attached hydrogens (tertiary/aromatic N) is 2. The third-order valence-electron chi connectivity index (χ3n) is 5.24. The number of fused-ring (bicyclic) bond motifs is 1. The Morgan fingerprint density at radius 2 is 1.70 bits per heavy atom. The summed E-state index contributed by atoms with van der Waals surface area (Å²) in [7, 11) is 0. The molecule has 3 aromatic carbocycles. The lowest BCUT2D eigenvalue weighted by Crippen LogP contribution is -2.46. The summed E-state index contributed by atoms with van der Waals surface area (Å²) in [6, 6.07) is 22.5. The SMILES string of the molecule is NC(N)=NCc1ccc(OCCC2Oc3ccccc3N(Cc3ccc(Cl)cc3)C2=O)cc1. The predicted octanol–water partition coefficient (Wildman–Crippen LogP) is 3.88. The number of anilines is 1. The maximum Gasteiger partial charge on any atom is 0.268 e. The van der Waals surface area contributed by atoms with Gasteiger partial charge < -0.3 is 25.8 Å². The molecule has 0 saturated carbocycles.